The topological polar surface area (TPSA) is 110 Å². The molecule has 0 aromatic carbocycles. The Morgan fingerprint density at radius 2 is 2.05 bits per heavy atom. The molecule has 0 saturated carbocycles. The van der Waals surface area contributed by atoms with E-state index in [4.69, 9.17) is 15.3 Å². The fraction of sp³-hybridized carbons (Fsp3) is 0.833. The fourth-order valence-corrected chi connectivity index (χ4v) is 2.35. The summed E-state index contributed by atoms with van der Waals surface area (Å²) in [5, 5.41) is 28.9. The molecule has 19 heavy (non-hydrogen) atoms. The van der Waals surface area contributed by atoms with Crippen LogP contribution in [0.2, 0.25) is 0 Å². The number of aliphatic carboxylic acids is 1. The molecule has 1 heterocycles. The number of likely N-dealkylation sites (tertiary alicyclic amines) is 1. The maximum Gasteiger partial charge on any atom is 0.326 e. The molecule has 7 nitrogen and oxygen atoms in total. The first-order valence-corrected chi connectivity index (χ1v) is 6.61. The highest BCUT2D eigenvalue weighted by Gasteiger charge is 2.30. The number of carbonyl (C=O) groups is 2. The number of carboxylic acids is 1. The first kappa shape index (κ1) is 15.7. The first-order valence-electron chi connectivity index (χ1n) is 6.61. The number of hydrogen-bond donors (Lipinski definition) is 4. The van der Waals surface area contributed by atoms with Crippen molar-refractivity contribution in [1.29, 1.82) is 0 Å². The van der Waals surface area contributed by atoms with Crippen molar-refractivity contribution in [3.05, 3.63) is 0 Å². The second-order valence-electron chi connectivity index (χ2n) is 4.71. The van der Waals surface area contributed by atoms with Crippen LogP contribution in [0.1, 0.15) is 32.1 Å². The van der Waals surface area contributed by atoms with Crippen LogP contribution in [-0.2, 0) is 4.79 Å². The number of hydrogen-bond acceptors (Lipinski definition) is 4. The number of rotatable bonds is 7. The zero-order chi connectivity index (χ0) is 14.3. The third-order valence-electron chi connectivity index (χ3n) is 3.35. The van der Waals surface area contributed by atoms with Crippen molar-refractivity contribution < 1.29 is 24.9 Å². The van der Waals surface area contributed by atoms with Gasteiger partial charge in [0.05, 0.1) is 0 Å². The molecule has 0 aliphatic carbocycles. The molecule has 7 heteroatoms. The minimum Gasteiger partial charge on any atom is -0.480 e. The summed E-state index contributed by atoms with van der Waals surface area (Å²) in [7, 11) is 0. The van der Waals surface area contributed by atoms with Crippen LogP contribution in [0.5, 0.6) is 0 Å². The van der Waals surface area contributed by atoms with Gasteiger partial charge in [0, 0.05) is 32.2 Å². The summed E-state index contributed by atoms with van der Waals surface area (Å²) >= 11 is 0. The zero-order valence-corrected chi connectivity index (χ0v) is 10.9. The highest BCUT2D eigenvalue weighted by atomic mass is 16.4. The van der Waals surface area contributed by atoms with E-state index in [9.17, 15) is 9.59 Å². The average Bonchev–Trinajstić information content (AvgIpc) is 2.83. The number of aliphatic hydroxyl groups is 2. The summed E-state index contributed by atoms with van der Waals surface area (Å²) in [5.74, 6) is -1.14. The molecule has 1 saturated heterocycles. The number of nitrogens with one attached hydrogen (secondary N) is 1. The van der Waals surface area contributed by atoms with Gasteiger partial charge in [0.25, 0.3) is 0 Å². The van der Waals surface area contributed by atoms with E-state index in [1.165, 1.54) is 0 Å². The highest BCUT2D eigenvalue weighted by molar-refractivity contribution is 5.82. The first-order chi connectivity index (χ1) is 9.10. The Kier molecular flexibility index (Phi) is 6.58. The minimum absolute atomic E-state index is 0.00375. The second kappa shape index (κ2) is 7.96. The van der Waals surface area contributed by atoms with Gasteiger partial charge in [-0.25, -0.2) is 9.59 Å². The van der Waals surface area contributed by atoms with E-state index in [2.05, 4.69) is 5.32 Å². The summed E-state index contributed by atoms with van der Waals surface area (Å²) in [6.45, 7) is 0.410. The molecule has 1 fully saturated rings. The van der Waals surface area contributed by atoms with E-state index in [1.54, 1.807) is 4.90 Å². The summed E-state index contributed by atoms with van der Waals surface area (Å²) in [5.41, 5.74) is 0. The number of urea groups is 1. The SMILES string of the molecule is O=C(O)[C@H](CCO)NC(=O)N1CCCC1CCCO. The lowest BCUT2D eigenvalue weighted by atomic mass is 10.1. The molecule has 1 aliphatic heterocycles. The van der Waals surface area contributed by atoms with Gasteiger partial charge in [-0.2, -0.15) is 0 Å². The van der Waals surface area contributed by atoms with Gasteiger partial charge in [-0.05, 0) is 25.7 Å². The van der Waals surface area contributed by atoms with Crippen molar-refractivity contribution >= 4 is 12.0 Å². The van der Waals surface area contributed by atoms with Crippen LogP contribution in [0, 0.1) is 0 Å². The molecule has 2 atom stereocenters. The van der Waals surface area contributed by atoms with Crippen LogP contribution >= 0.6 is 0 Å². The quantitative estimate of drug-likeness (QED) is 0.512. The molecule has 110 valence electrons. The predicted molar refractivity (Wildman–Crippen MR) is 67.7 cm³/mol. The smallest absolute Gasteiger partial charge is 0.326 e. The van der Waals surface area contributed by atoms with Gasteiger partial charge in [-0.15, -0.1) is 0 Å². The highest BCUT2D eigenvalue weighted by Crippen LogP contribution is 2.21. The maximum atomic E-state index is 12.0. The van der Waals surface area contributed by atoms with Gasteiger partial charge in [0.1, 0.15) is 6.04 Å². The summed E-state index contributed by atoms with van der Waals surface area (Å²) < 4.78 is 0. The van der Waals surface area contributed by atoms with E-state index in [1.807, 2.05) is 0 Å². The fourth-order valence-electron chi connectivity index (χ4n) is 2.35. The average molecular weight is 274 g/mol. The lowest BCUT2D eigenvalue weighted by Gasteiger charge is -2.26. The van der Waals surface area contributed by atoms with Gasteiger partial charge in [0.2, 0.25) is 0 Å². The maximum absolute atomic E-state index is 12.0. The molecule has 1 unspecified atom stereocenters. The van der Waals surface area contributed by atoms with Crippen LogP contribution in [0.15, 0.2) is 0 Å². The molecule has 1 rings (SSSR count). The number of amides is 2. The Labute approximate surface area is 112 Å². The number of carbonyl (C=O) groups excluding carboxylic acids is 1. The van der Waals surface area contributed by atoms with E-state index in [0.29, 0.717) is 13.0 Å². The summed E-state index contributed by atoms with van der Waals surface area (Å²) in [6, 6.07) is -1.39. The van der Waals surface area contributed by atoms with Crippen molar-refractivity contribution in [3.63, 3.8) is 0 Å². The van der Waals surface area contributed by atoms with Crippen LogP contribution in [-0.4, -0.2) is 64.1 Å². The van der Waals surface area contributed by atoms with Gasteiger partial charge in [-0.3, -0.25) is 0 Å². The number of aliphatic hydroxyl groups excluding tert-OH is 2. The Balaban J connectivity index is 2.52. The third-order valence-corrected chi connectivity index (χ3v) is 3.35. The van der Waals surface area contributed by atoms with Gasteiger partial charge >= 0.3 is 12.0 Å². The molecule has 0 spiro atoms. The van der Waals surface area contributed by atoms with E-state index < -0.39 is 18.0 Å². The van der Waals surface area contributed by atoms with Crippen molar-refractivity contribution in [1.82, 2.24) is 10.2 Å². The Bertz CT molecular complexity index is 310. The molecule has 1 aliphatic rings. The van der Waals surface area contributed by atoms with Crippen LogP contribution < -0.4 is 5.32 Å². The molecular weight excluding hydrogens is 252 g/mol. The molecular formula is C12H22N2O5. The third kappa shape index (κ3) is 4.68. The zero-order valence-electron chi connectivity index (χ0n) is 10.9. The van der Waals surface area contributed by atoms with Gasteiger partial charge in [0.15, 0.2) is 0 Å². The van der Waals surface area contributed by atoms with Crippen molar-refractivity contribution in [2.45, 2.75) is 44.2 Å². The Morgan fingerprint density at radius 3 is 2.63 bits per heavy atom. The molecule has 0 aromatic heterocycles. The number of nitrogens with zero attached hydrogens (tertiary/aromatic N) is 1. The lowest BCUT2D eigenvalue weighted by molar-refractivity contribution is -0.139. The number of carboxylic acid groups (broad SMARTS) is 1. The van der Waals surface area contributed by atoms with Crippen molar-refractivity contribution in [3.8, 4) is 0 Å². The Morgan fingerprint density at radius 1 is 1.32 bits per heavy atom. The summed E-state index contributed by atoms with van der Waals surface area (Å²) in [6.07, 6.45) is 3.12. The molecule has 2 amide bonds. The van der Waals surface area contributed by atoms with Crippen LogP contribution in [0.4, 0.5) is 4.79 Å². The van der Waals surface area contributed by atoms with Gasteiger partial charge < -0.3 is 25.5 Å². The summed E-state index contributed by atoms with van der Waals surface area (Å²) in [4.78, 5) is 24.6. The molecule has 0 bridgehead atoms. The molecule has 0 radical (unpaired) electrons. The monoisotopic (exact) mass is 274 g/mol. The van der Waals surface area contributed by atoms with Crippen molar-refractivity contribution in [2.24, 2.45) is 0 Å². The lowest BCUT2D eigenvalue weighted by Crippen LogP contribution is -2.49. The van der Waals surface area contributed by atoms with E-state index in [0.717, 1.165) is 19.3 Å². The predicted octanol–water partition coefficient (Wildman–Crippen LogP) is -0.231. The van der Waals surface area contributed by atoms with E-state index >= 15 is 0 Å². The van der Waals surface area contributed by atoms with Crippen molar-refractivity contribution in [2.75, 3.05) is 19.8 Å². The largest absolute Gasteiger partial charge is 0.480 e. The van der Waals surface area contributed by atoms with Crippen LogP contribution in [0.25, 0.3) is 0 Å². The Hall–Kier alpha value is -1.34. The van der Waals surface area contributed by atoms with E-state index in [-0.39, 0.29) is 25.7 Å². The second-order valence-corrected chi connectivity index (χ2v) is 4.71. The minimum atomic E-state index is -1.14. The standard InChI is InChI=1S/C12H22N2O5/c15-7-2-4-9-3-1-6-14(9)12(19)13-10(5-8-16)11(17)18/h9-10,15-16H,1-8H2,(H,13,19)(H,17,18)/t9?,10-/m0/s1. The van der Waals surface area contributed by atoms with Gasteiger partial charge in [-0.1, -0.05) is 0 Å². The van der Waals surface area contributed by atoms with Crippen LogP contribution in [0.3, 0.4) is 0 Å². The molecule has 0 aromatic rings. The molecule has 4 N–H and O–H groups in total. The normalized spacial score (nSPS) is 20.3.